The van der Waals surface area contributed by atoms with Crippen molar-refractivity contribution >= 4 is 11.8 Å². The molecule has 0 saturated carbocycles. The molecule has 18 heavy (non-hydrogen) atoms. The molecule has 0 amide bonds. The van der Waals surface area contributed by atoms with Crippen molar-refractivity contribution in [1.29, 1.82) is 0 Å². The molecule has 0 radical (unpaired) electrons. The lowest BCUT2D eigenvalue weighted by Gasteiger charge is -2.02. The Morgan fingerprint density at radius 2 is 2.06 bits per heavy atom. The maximum Gasteiger partial charge on any atom is 0.0540 e. The molecule has 0 aromatic heterocycles. The topological polar surface area (TPSA) is 29.5 Å². The third-order valence-corrected chi connectivity index (χ3v) is 3.44. The van der Waals surface area contributed by atoms with E-state index in [4.69, 9.17) is 9.84 Å². The van der Waals surface area contributed by atoms with Gasteiger partial charge in [0.15, 0.2) is 0 Å². The molecule has 0 aliphatic carbocycles. The second-order valence-electron chi connectivity index (χ2n) is 3.87. The first-order valence-corrected chi connectivity index (χ1v) is 7.27. The fourth-order valence-corrected chi connectivity index (χ4v) is 2.29. The van der Waals surface area contributed by atoms with Crippen LogP contribution in [0.2, 0.25) is 0 Å². The summed E-state index contributed by atoms with van der Waals surface area (Å²) in [7, 11) is 1.74. The zero-order valence-electron chi connectivity index (χ0n) is 10.8. The van der Waals surface area contributed by atoms with E-state index >= 15 is 0 Å². The van der Waals surface area contributed by atoms with E-state index in [-0.39, 0.29) is 6.61 Å². The summed E-state index contributed by atoms with van der Waals surface area (Å²) >= 11 is 1.92. The van der Waals surface area contributed by atoms with Crippen LogP contribution in [0, 0.1) is 11.8 Å². The van der Waals surface area contributed by atoms with Crippen molar-refractivity contribution in [1.82, 2.24) is 0 Å². The highest BCUT2D eigenvalue weighted by Crippen LogP contribution is 2.13. The van der Waals surface area contributed by atoms with Crippen molar-refractivity contribution in [3.05, 3.63) is 35.4 Å². The highest BCUT2D eigenvalue weighted by atomic mass is 32.2. The van der Waals surface area contributed by atoms with Gasteiger partial charge in [0.2, 0.25) is 0 Å². The van der Waals surface area contributed by atoms with Gasteiger partial charge in [-0.3, -0.25) is 0 Å². The van der Waals surface area contributed by atoms with Crippen LogP contribution in [0.5, 0.6) is 0 Å². The lowest BCUT2D eigenvalue weighted by Crippen LogP contribution is -1.91. The molecule has 98 valence electrons. The number of aliphatic hydroxyl groups is 1. The predicted octanol–water partition coefficient (Wildman–Crippen LogP) is 2.69. The Kier molecular flexibility index (Phi) is 8.41. The summed E-state index contributed by atoms with van der Waals surface area (Å²) in [5.74, 6) is 8.11. The van der Waals surface area contributed by atoms with E-state index in [1.807, 2.05) is 23.9 Å². The van der Waals surface area contributed by atoms with Crippen molar-refractivity contribution < 1.29 is 9.84 Å². The van der Waals surface area contributed by atoms with Crippen LogP contribution in [0.1, 0.15) is 24.0 Å². The van der Waals surface area contributed by atoms with Gasteiger partial charge in [-0.2, -0.15) is 11.8 Å². The minimum absolute atomic E-state index is 0.128. The second kappa shape index (κ2) is 10.0. The summed E-state index contributed by atoms with van der Waals surface area (Å²) in [6.45, 7) is 0.968. The average molecular weight is 264 g/mol. The van der Waals surface area contributed by atoms with Gasteiger partial charge < -0.3 is 9.84 Å². The number of rotatable bonds is 7. The van der Waals surface area contributed by atoms with Gasteiger partial charge in [-0.15, -0.1) is 0 Å². The molecule has 0 bridgehead atoms. The summed E-state index contributed by atoms with van der Waals surface area (Å²) < 4.78 is 5.01. The van der Waals surface area contributed by atoms with Crippen molar-refractivity contribution in [3.8, 4) is 11.8 Å². The molecule has 1 aromatic carbocycles. The van der Waals surface area contributed by atoms with Crippen molar-refractivity contribution in [2.45, 2.75) is 18.6 Å². The largest absolute Gasteiger partial charge is 0.395 e. The van der Waals surface area contributed by atoms with Crippen LogP contribution in [0.15, 0.2) is 24.3 Å². The van der Waals surface area contributed by atoms with Gasteiger partial charge in [0.1, 0.15) is 0 Å². The highest BCUT2D eigenvalue weighted by molar-refractivity contribution is 7.98. The molecule has 0 aliphatic heterocycles. The molecule has 0 atom stereocenters. The zero-order valence-corrected chi connectivity index (χ0v) is 11.6. The predicted molar refractivity (Wildman–Crippen MR) is 77.7 cm³/mol. The van der Waals surface area contributed by atoms with Gasteiger partial charge in [0, 0.05) is 31.5 Å². The molecular formula is C15H20O2S. The van der Waals surface area contributed by atoms with Crippen molar-refractivity contribution in [2.24, 2.45) is 0 Å². The maximum atomic E-state index is 8.63. The van der Waals surface area contributed by atoms with Crippen LogP contribution in [0.4, 0.5) is 0 Å². The molecule has 0 heterocycles. The van der Waals surface area contributed by atoms with Crippen LogP contribution in [0.25, 0.3) is 0 Å². The Morgan fingerprint density at radius 1 is 1.28 bits per heavy atom. The van der Waals surface area contributed by atoms with Crippen LogP contribution < -0.4 is 0 Å². The summed E-state index contributed by atoms with van der Waals surface area (Å²) in [6.07, 6.45) is 1.64. The molecule has 1 N–H and O–H groups in total. The Morgan fingerprint density at radius 3 is 2.72 bits per heavy atom. The molecule has 0 unspecified atom stereocenters. The number of ether oxygens (including phenoxy) is 1. The van der Waals surface area contributed by atoms with Gasteiger partial charge in [-0.25, -0.2) is 0 Å². The van der Waals surface area contributed by atoms with Crippen molar-refractivity contribution in [3.63, 3.8) is 0 Å². The van der Waals surface area contributed by atoms with E-state index in [0.717, 1.165) is 30.1 Å². The lowest BCUT2D eigenvalue weighted by atomic mass is 10.1. The standard InChI is InChI=1S/C15H20O2S/c1-17-11-4-12-18-13-15-8-6-14(7-9-15)5-2-3-10-16/h6-9,16H,3-4,10-13H2,1H3. The first-order chi connectivity index (χ1) is 8.86. The van der Waals surface area contributed by atoms with Crippen LogP contribution in [0.3, 0.4) is 0 Å². The number of hydrogen-bond acceptors (Lipinski definition) is 3. The van der Waals surface area contributed by atoms with E-state index in [9.17, 15) is 0 Å². The van der Waals surface area contributed by atoms with Gasteiger partial charge in [0.05, 0.1) is 6.61 Å². The van der Waals surface area contributed by atoms with Gasteiger partial charge in [0.25, 0.3) is 0 Å². The summed E-state index contributed by atoms with van der Waals surface area (Å²) in [4.78, 5) is 0. The lowest BCUT2D eigenvalue weighted by molar-refractivity contribution is 0.200. The number of benzene rings is 1. The Hall–Kier alpha value is -0.950. The molecule has 0 spiro atoms. The fraction of sp³-hybridized carbons (Fsp3) is 0.467. The Balaban J connectivity index is 2.30. The number of aliphatic hydroxyl groups excluding tert-OH is 1. The molecule has 1 rings (SSSR count). The molecule has 2 nitrogen and oxygen atoms in total. The zero-order chi connectivity index (χ0) is 13.1. The summed E-state index contributed by atoms with van der Waals surface area (Å²) in [6, 6.07) is 8.31. The quantitative estimate of drug-likeness (QED) is 0.606. The Bertz CT molecular complexity index is 376. The molecular weight excluding hydrogens is 244 g/mol. The van der Waals surface area contributed by atoms with Crippen LogP contribution in [-0.4, -0.2) is 31.2 Å². The number of hydrogen-bond donors (Lipinski definition) is 1. The van der Waals surface area contributed by atoms with Gasteiger partial charge in [-0.1, -0.05) is 24.0 Å². The fourth-order valence-electron chi connectivity index (χ4n) is 1.40. The first kappa shape index (κ1) is 15.1. The Labute approximate surface area is 114 Å². The minimum Gasteiger partial charge on any atom is -0.395 e. The van der Waals surface area contributed by atoms with Gasteiger partial charge >= 0.3 is 0 Å². The highest BCUT2D eigenvalue weighted by Gasteiger charge is 1.94. The van der Waals surface area contributed by atoms with Crippen LogP contribution >= 0.6 is 11.8 Å². The van der Waals surface area contributed by atoms with E-state index < -0.39 is 0 Å². The maximum absolute atomic E-state index is 8.63. The third kappa shape index (κ3) is 6.70. The van der Waals surface area contributed by atoms with E-state index in [1.54, 1.807) is 7.11 Å². The van der Waals surface area contributed by atoms with Gasteiger partial charge in [-0.05, 0) is 29.9 Å². The van der Waals surface area contributed by atoms with Crippen molar-refractivity contribution in [2.75, 3.05) is 26.1 Å². The van der Waals surface area contributed by atoms with E-state index in [0.29, 0.717) is 6.42 Å². The van der Waals surface area contributed by atoms with E-state index in [2.05, 4.69) is 24.0 Å². The smallest absolute Gasteiger partial charge is 0.0540 e. The second-order valence-corrected chi connectivity index (χ2v) is 4.98. The molecule has 0 fully saturated rings. The summed E-state index contributed by atoms with van der Waals surface area (Å²) in [5, 5.41) is 8.63. The molecule has 0 saturated heterocycles. The summed E-state index contributed by atoms with van der Waals surface area (Å²) in [5.41, 5.74) is 2.33. The van der Waals surface area contributed by atoms with E-state index in [1.165, 1.54) is 5.56 Å². The number of methoxy groups -OCH3 is 1. The minimum atomic E-state index is 0.128. The monoisotopic (exact) mass is 264 g/mol. The number of thioether (sulfide) groups is 1. The first-order valence-electron chi connectivity index (χ1n) is 6.12. The molecule has 0 aliphatic rings. The molecule has 3 heteroatoms. The van der Waals surface area contributed by atoms with Crippen LogP contribution in [-0.2, 0) is 10.5 Å². The molecule has 1 aromatic rings. The SMILES string of the molecule is COCCCSCc1ccc(C#CCCO)cc1. The normalized spacial score (nSPS) is 9.89. The third-order valence-electron chi connectivity index (χ3n) is 2.33. The average Bonchev–Trinajstić information content (AvgIpc) is 2.40.